The third-order valence-electron chi connectivity index (χ3n) is 3.42. The third kappa shape index (κ3) is 3.65. The summed E-state index contributed by atoms with van der Waals surface area (Å²) in [7, 11) is 0. The summed E-state index contributed by atoms with van der Waals surface area (Å²) < 4.78 is 0. The van der Waals surface area contributed by atoms with Crippen LogP contribution in [0.15, 0.2) is 23.7 Å². The van der Waals surface area contributed by atoms with Crippen molar-refractivity contribution in [2.75, 3.05) is 11.9 Å². The Bertz CT molecular complexity index is 636. The molecule has 21 heavy (non-hydrogen) atoms. The SMILES string of the molecule is NCCCc1ccnc(NC(=O)c2csc(C3CC3)n2)c1. The first kappa shape index (κ1) is 14.2. The molecule has 6 heteroatoms. The number of aryl methyl sites for hydroxylation is 1. The molecule has 1 saturated carbocycles. The lowest BCUT2D eigenvalue weighted by atomic mass is 10.1. The molecule has 2 aromatic heterocycles. The zero-order valence-corrected chi connectivity index (χ0v) is 12.5. The second-order valence-corrected chi connectivity index (χ2v) is 6.13. The van der Waals surface area contributed by atoms with E-state index in [4.69, 9.17) is 5.73 Å². The predicted octanol–water partition coefficient (Wildman–Crippen LogP) is 2.56. The monoisotopic (exact) mass is 302 g/mol. The highest BCUT2D eigenvalue weighted by atomic mass is 32.1. The molecule has 110 valence electrons. The Hall–Kier alpha value is -1.79. The number of amides is 1. The maximum atomic E-state index is 12.2. The predicted molar refractivity (Wildman–Crippen MR) is 83.7 cm³/mol. The molecule has 1 aliphatic carbocycles. The molecule has 5 nitrogen and oxygen atoms in total. The van der Waals surface area contributed by atoms with Gasteiger partial charge in [0.25, 0.3) is 5.91 Å². The summed E-state index contributed by atoms with van der Waals surface area (Å²) in [5, 5.41) is 5.71. The molecule has 1 aliphatic rings. The molecule has 0 radical (unpaired) electrons. The van der Waals surface area contributed by atoms with Crippen LogP contribution in [0.1, 0.15) is 46.2 Å². The summed E-state index contributed by atoms with van der Waals surface area (Å²) in [6.45, 7) is 0.660. The molecule has 0 aromatic carbocycles. The number of carbonyl (C=O) groups is 1. The van der Waals surface area contributed by atoms with Crippen LogP contribution in [0.2, 0.25) is 0 Å². The van der Waals surface area contributed by atoms with Crippen LogP contribution in [0.5, 0.6) is 0 Å². The van der Waals surface area contributed by atoms with E-state index in [1.807, 2.05) is 17.5 Å². The van der Waals surface area contributed by atoms with Crippen molar-refractivity contribution < 1.29 is 4.79 Å². The van der Waals surface area contributed by atoms with Gasteiger partial charge in [-0.1, -0.05) is 0 Å². The maximum absolute atomic E-state index is 12.2. The van der Waals surface area contributed by atoms with Crippen molar-refractivity contribution >= 4 is 23.1 Å². The standard InChI is InChI=1S/C15H18N4OS/c16-6-1-2-10-5-7-17-13(8-10)19-14(20)12-9-21-15(18-12)11-3-4-11/h5,7-9,11H,1-4,6,16H2,(H,17,19,20). The lowest BCUT2D eigenvalue weighted by Crippen LogP contribution is -2.13. The minimum Gasteiger partial charge on any atom is -0.330 e. The first-order chi connectivity index (χ1) is 10.3. The van der Waals surface area contributed by atoms with Crippen LogP contribution in [0, 0.1) is 0 Å². The first-order valence-corrected chi connectivity index (χ1v) is 8.06. The molecule has 1 fully saturated rings. The van der Waals surface area contributed by atoms with E-state index >= 15 is 0 Å². The fraction of sp³-hybridized carbons (Fsp3) is 0.400. The number of pyridine rings is 1. The Morgan fingerprint density at radius 3 is 3.10 bits per heavy atom. The van der Waals surface area contributed by atoms with Crippen LogP contribution in [0.25, 0.3) is 0 Å². The van der Waals surface area contributed by atoms with Crippen LogP contribution in [0.4, 0.5) is 5.82 Å². The van der Waals surface area contributed by atoms with Gasteiger partial charge in [-0.15, -0.1) is 11.3 Å². The molecule has 2 aromatic rings. The normalized spacial score (nSPS) is 14.1. The molecule has 3 rings (SSSR count). The molecule has 3 N–H and O–H groups in total. The molecule has 1 amide bonds. The highest BCUT2D eigenvalue weighted by molar-refractivity contribution is 7.10. The van der Waals surface area contributed by atoms with Gasteiger partial charge in [0.05, 0.1) is 5.01 Å². The number of nitrogens with zero attached hydrogens (tertiary/aromatic N) is 2. The fourth-order valence-corrected chi connectivity index (χ4v) is 3.07. The van der Waals surface area contributed by atoms with Gasteiger partial charge in [0, 0.05) is 17.5 Å². The van der Waals surface area contributed by atoms with Crippen molar-refractivity contribution in [1.29, 1.82) is 0 Å². The number of nitrogens with two attached hydrogens (primary N) is 1. The highest BCUT2D eigenvalue weighted by Gasteiger charge is 2.27. The van der Waals surface area contributed by atoms with Crippen LogP contribution < -0.4 is 11.1 Å². The maximum Gasteiger partial charge on any atom is 0.276 e. The molecular formula is C15H18N4OS. The van der Waals surface area contributed by atoms with E-state index in [0.29, 0.717) is 24.0 Å². The Kier molecular flexibility index (Phi) is 4.26. The van der Waals surface area contributed by atoms with Gasteiger partial charge in [0.1, 0.15) is 11.5 Å². The summed E-state index contributed by atoms with van der Waals surface area (Å²) in [5.74, 6) is 0.950. The third-order valence-corrected chi connectivity index (χ3v) is 4.42. The second kappa shape index (κ2) is 6.32. The Morgan fingerprint density at radius 1 is 1.48 bits per heavy atom. The van der Waals surface area contributed by atoms with Gasteiger partial charge in [-0.05, 0) is 49.9 Å². The van der Waals surface area contributed by atoms with Crippen molar-refractivity contribution in [2.45, 2.75) is 31.6 Å². The average molecular weight is 302 g/mol. The van der Waals surface area contributed by atoms with E-state index < -0.39 is 0 Å². The Balaban J connectivity index is 1.65. The topological polar surface area (TPSA) is 80.9 Å². The quantitative estimate of drug-likeness (QED) is 0.859. The lowest BCUT2D eigenvalue weighted by molar-refractivity contribution is 0.102. The first-order valence-electron chi connectivity index (χ1n) is 7.18. The lowest BCUT2D eigenvalue weighted by Gasteiger charge is -2.05. The summed E-state index contributed by atoms with van der Waals surface area (Å²) in [6, 6.07) is 3.83. The van der Waals surface area contributed by atoms with Crippen LogP contribution in [0.3, 0.4) is 0 Å². The molecule has 0 unspecified atom stereocenters. The summed E-state index contributed by atoms with van der Waals surface area (Å²) in [5.41, 5.74) is 7.12. The highest BCUT2D eigenvalue weighted by Crippen LogP contribution is 2.41. The van der Waals surface area contributed by atoms with Gasteiger partial charge in [-0.25, -0.2) is 9.97 Å². The smallest absolute Gasteiger partial charge is 0.276 e. The second-order valence-electron chi connectivity index (χ2n) is 5.24. The van der Waals surface area contributed by atoms with Gasteiger partial charge in [-0.3, -0.25) is 4.79 Å². The number of aromatic nitrogens is 2. The molecule has 0 aliphatic heterocycles. The van der Waals surface area contributed by atoms with E-state index in [0.717, 1.165) is 23.4 Å². The van der Waals surface area contributed by atoms with E-state index in [1.165, 1.54) is 12.8 Å². The van der Waals surface area contributed by atoms with Crippen molar-refractivity contribution in [3.63, 3.8) is 0 Å². The fourth-order valence-electron chi connectivity index (χ4n) is 2.09. The molecule has 0 saturated heterocycles. The number of carbonyl (C=O) groups excluding carboxylic acids is 1. The van der Waals surface area contributed by atoms with E-state index in [9.17, 15) is 4.79 Å². The molecule has 0 bridgehead atoms. The van der Waals surface area contributed by atoms with Crippen molar-refractivity contribution in [3.05, 3.63) is 40.0 Å². The van der Waals surface area contributed by atoms with E-state index in [1.54, 1.807) is 17.5 Å². The van der Waals surface area contributed by atoms with Gasteiger partial charge >= 0.3 is 0 Å². The Morgan fingerprint density at radius 2 is 2.33 bits per heavy atom. The number of hydrogen-bond acceptors (Lipinski definition) is 5. The van der Waals surface area contributed by atoms with Gasteiger partial charge in [0.2, 0.25) is 0 Å². The van der Waals surface area contributed by atoms with Crippen LogP contribution in [-0.4, -0.2) is 22.4 Å². The number of nitrogens with one attached hydrogen (secondary N) is 1. The molecule has 2 heterocycles. The molecule has 0 atom stereocenters. The van der Waals surface area contributed by atoms with Crippen LogP contribution in [-0.2, 0) is 6.42 Å². The minimum absolute atomic E-state index is 0.193. The summed E-state index contributed by atoms with van der Waals surface area (Å²) >= 11 is 1.57. The minimum atomic E-state index is -0.193. The average Bonchev–Trinajstić information content (AvgIpc) is 3.22. The summed E-state index contributed by atoms with van der Waals surface area (Å²) in [6.07, 6.45) is 5.91. The van der Waals surface area contributed by atoms with Gasteiger partial charge < -0.3 is 11.1 Å². The zero-order valence-electron chi connectivity index (χ0n) is 11.7. The van der Waals surface area contributed by atoms with E-state index in [2.05, 4.69) is 15.3 Å². The van der Waals surface area contributed by atoms with E-state index in [-0.39, 0.29) is 5.91 Å². The molecular weight excluding hydrogens is 284 g/mol. The van der Waals surface area contributed by atoms with Gasteiger partial charge in [-0.2, -0.15) is 0 Å². The van der Waals surface area contributed by atoms with Crippen LogP contribution >= 0.6 is 11.3 Å². The van der Waals surface area contributed by atoms with Gasteiger partial charge in [0.15, 0.2) is 0 Å². The van der Waals surface area contributed by atoms with Crippen molar-refractivity contribution in [3.8, 4) is 0 Å². The van der Waals surface area contributed by atoms with Crippen molar-refractivity contribution in [1.82, 2.24) is 9.97 Å². The number of thiazole rings is 1. The number of hydrogen-bond donors (Lipinski definition) is 2. The largest absolute Gasteiger partial charge is 0.330 e. The number of anilines is 1. The number of rotatable bonds is 6. The molecule has 0 spiro atoms. The van der Waals surface area contributed by atoms with Crippen molar-refractivity contribution in [2.24, 2.45) is 5.73 Å². The Labute approximate surface area is 127 Å². The zero-order chi connectivity index (χ0) is 14.7. The summed E-state index contributed by atoms with van der Waals surface area (Å²) in [4.78, 5) is 20.8.